The number of hydrogen-bond acceptors (Lipinski definition) is 5. The number of aryl methyl sites for hydroxylation is 2. The lowest BCUT2D eigenvalue weighted by Gasteiger charge is -2.35. The van der Waals surface area contributed by atoms with Gasteiger partial charge in [-0.3, -0.25) is 0 Å². The molecule has 1 fully saturated rings. The summed E-state index contributed by atoms with van der Waals surface area (Å²) in [6, 6.07) is 4.50. The summed E-state index contributed by atoms with van der Waals surface area (Å²) in [6.45, 7) is 4.82. The average Bonchev–Trinajstić information content (AvgIpc) is 2.89. The number of piperazine rings is 1. The van der Waals surface area contributed by atoms with Crippen LogP contribution in [0.3, 0.4) is 0 Å². The number of halogens is 2. The molecule has 1 aliphatic heterocycles. The molecule has 2 aromatic rings. The van der Waals surface area contributed by atoms with E-state index in [2.05, 4.69) is 5.16 Å². The molecule has 3 rings (SSSR count). The van der Waals surface area contributed by atoms with Crippen LogP contribution in [0.25, 0.3) is 0 Å². The number of nitrogens with zero attached hydrogens (tertiary/aromatic N) is 3. The van der Waals surface area contributed by atoms with E-state index >= 15 is 0 Å². The van der Waals surface area contributed by atoms with Crippen molar-refractivity contribution in [2.45, 2.75) is 18.7 Å². The van der Waals surface area contributed by atoms with E-state index in [1.807, 2.05) is 4.90 Å². The highest BCUT2D eigenvalue weighted by Gasteiger charge is 2.33. The molecule has 0 aliphatic carbocycles. The minimum Gasteiger partial charge on any atom is -0.369 e. The second kappa shape index (κ2) is 6.34. The molecule has 0 N–H and O–H groups in total. The molecule has 6 nitrogen and oxygen atoms in total. The van der Waals surface area contributed by atoms with Crippen molar-refractivity contribution < 1.29 is 17.3 Å². The highest BCUT2D eigenvalue weighted by Crippen LogP contribution is 2.27. The fourth-order valence-corrected chi connectivity index (χ4v) is 4.73. The van der Waals surface area contributed by atoms with E-state index in [9.17, 15) is 12.8 Å². The number of sulfonamides is 1. The number of rotatable bonds is 3. The first-order chi connectivity index (χ1) is 11.3. The molecule has 1 saturated heterocycles. The highest BCUT2D eigenvalue weighted by molar-refractivity contribution is 7.89. The summed E-state index contributed by atoms with van der Waals surface area (Å²) in [5, 5.41) is 3.77. The van der Waals surface area contributed by atoms with E-state index < -0.39 is 15.8 Å². The maximum absolute atomic E-state index is 13.3. The van der Waals surface area contributed by atoms with Crippen molar-refractivity contribution in [3.05, 3.63) is 40.5 Å². The van der Waals surface area contributed by atoms with Gasteiger partial charge in [0, 0.05) is 31.9 Å². The highest BCUT2D eigenvalue weighted by atomic mass is 35.5. The number of anilines is 1. The van der Waals surface area contributed by atoms with Crippen molar-refractivity contribution in [1.82, 2.24) is 9.46 Å². The van der Waals surface area contributed by atoms with Gasteiger partial charge in [0.15, 0.2) is 5.76 Å². The molecule has 1 aromatic carbocycles. The fraction of sp³-hybridized carbons (Fsp3) is 0.400. The van der Waals surface area contributed by atoms with Crippen LogP contribution in [-0.4, -0.2) is 44.1 Å². The Bertz CT molecular complexity index is 841. The van der Waals surface area contributed by atoms with E-state index in [4.69, 9.17) is 16.1 Å². The van der Waals surface area contributed by atoms with Gasteiger partial charge in [-0.1, -0.05) is 16.8 Å². The van der Waals surface area contributed by atoms with Gasteiger partial charge in [0.2, 0.25) is 10.0 Å². The molecule has 130 valence electrons. The second-order valence-electron chi connectivity index (χ2n) is 5.64. The van der Waals surface area contributed by atoms with Crippen molar-refractivity contribution in [3.63, 3.8) is 0 Å². The fourth-order valence-electron chi connectivity index (χ4n) is 2.84. The summed E-state index contributed by atoms with van der Waals surface area (Å²) in [4.78, 5) is 2.12. The molecule has 1 aromatic heterocycles. The van der Waals surface area contributed by atoms with Crippen LogP contribution in [-0.2, 0) is 10.0 Å². The maximum Gasteiger partial charge on any atom is 0.248 e. The lowest BCUT2D eigenvalue weighted by Crippen LogP contribution is -2.48. The van der Waals surface area contributed by atoms with Crippen LogP contribution in [0.5, 0.6) is 0 Å². The molecule has 0 amide bonds. The quantitative estimate of drug-likeness (QED) is 0.827. The third-order valence-corrected chi connectivity index (χ3v) is 6.51. The summed E-state index contributed by atoms with van der Waals surface area (Å²) in [7, 11) is -3.64. The Morgan fingerprint density at radius 2 is 1.88 bits per heavy atom. The van der Waals surface area contributed by atoms with E-state index in [-0.39, 0.29) is 9.92 Å². The third kappa shape index (κ3) is 3.01. The molecular weight excluding hydrogens is 357 g/mol. The smallest absolute Gasteiger partial charge is 0.248 e. The maximum atomic E-state index is 13.3. The van der Waals surface area contributed by atoms with Crippen LogP contribution in [0.1, 0.15) is 11.5 Å². The van der Waals surface area contributed by atoms with Gasteiger partial charge >= 0.3 is 0 Å². The van der Waals surface area contributed by atoms with Gasteiger partial charge in [-0.2, -0.15) is 4.31 Å². The summed E-state index contributed by atoms with van der Waals surface area (Å²) < 4.78 is 45.2. The van der Waals surface area contributed by atoms with E-state index in [0.717, 1.165) is 5.69 Å². The SMILES string of the molecule is Cc1noc(C)c1S(=O)(=O)N1CCN(c2ccc(F)c(Cl)c2)CC1. The zero-order valence-electron chi connectivity index (χ0n) is 13.3. The van der Waals surface area contributed by atoms with Crippen LogP contribution >= 0.6 is 11.6 Å². The third-order valence-electron chi connectivity index (χ3n) is 4.07. The topological polar surface area (TPSA) is 66.7 Å². The molecule has 2 heterocycles. The summed E-state index contributed by atoms with van der Waals surface area (Å²) in [5.74, 6) is -0.180. The molecular formula is C15H17ClFN3O3S. The first-order valence-electron chi connectivity index (χ1n) is 7.43. The lowest BCUT2D eigenvalue weighted by atomic mass is 10.2. The molecule has 0 unspecified atom stereocenters. The van der Waals surface area contributed by atoms with Gasteiger partial charge in [0.1, 0.15) is 16.4 Å². The van der Waals surface area contributed by atoms with E-state index in [1.54, 1.807) is 26.0 Å². The van der Waals surface area contributed by atoms with E-state index in [0.29, 0.717) is 37.6 Å². The van der Waals surface area contributed by atoms with Crippen molar-refractivity contribution in [1.29, 1.82) is 0 Å². The number of aromatic nitrogens is 1. The van der Waals surface area contributed by atoms with Crippen molar-refractivity contribution in [2.24, 2.45) is 0 Å². The summed E-state index contributed by atoms with van der Waals surface area (Å²) in [6.07, 6.45) is 0. The van der Waals surface area contributed by atoms with Crippen LogP contribution in [0.2, 0.25) is 5.02 Å². The lowest BCUT2D eigenvalue weighted by molar-refractivity contribution is 0.378. The van der Waals surface area contributed by atoms with Gasteiger partial charge in [-0.25, -0.2) is 12.8 Å². The second-order valence-corrected chi connectivity index (χ2v) is 7.92. The van der Waals surface area contributed by atoms with Crippen molar-refractivity contribution >= 4 is 27.3 Å². The van der Waals surface area contributed by atoms with Crippen molar-refractivity contribution in [2.75, 3.05) is 31.1 Å². The van der Waals surface area contributed by atoms with Gasteiger partial charge in [0.05, 0.1) is 5.02 Å². The summed E-state index contributed by atoms with van der Waals surface area (Å²) in [5.41, 5.74) is 1.14. The molecule has 24 heavy (non-hydrogen) atoms. The first-order valence-corrected chi connectivity index (χ1v) is 9.25. The molecule has 9 heteroatoms. The Morgan fingerprint density at radius 3 is 2.42 bits per heavy atom. The van der Waals surface area contributed by atoms with Crippen LogP contribution in [0.4, 0.5) is 10.1 Å². The Morgan fingerprint density at radius 1 is 1.21 bits per heavy atom. The van der Waals surface area contributed by atoms with Gasteiger partial charge < -0.3 is 9.42 Å². The predicted molar refractivity (Wildman–Crippen MR) is 88.4 cm³/mol. The first kappa shape index (κ1) is 17.2. The van der Waals surface area contributed by atoms with Crippen LogP contribution in [0.15, 0.2) is 27.6 Å². The van der Waals surface area contributed by atoms with Gasteiger partial charge in [0.25, 0.3) is 0 Å². The minimum absolute atomic E-state index is 0.0540. The monoisotopic (exact) mass is 373 g/mol. The Balaban J connectivity index is 1.76. The minimum atomic E-state index is -3.64. The normalized spacial score (nSPS) is 16.6. The zero-order valence-corrected chi connectivity index (χ0v) is 14.9. The molecule has 1 aliphatic rings. The largest absolute Gasteiger partial charge is 0.369 e. The molecule has 0 spiro atoms. The Kier molecular flexibility index (Phi) is 4.54. The van der Waals surface area contributed by atoms with Gasteiger partial charge in [-0.15, -0.1) is 0 Å². The number of hydrogen-bond donors (Lipinski definition) is 0. The molecule has 0 saturated carbocycles. The predicted octanol–water partition coefficient (Wildman–Crippen LogP) is 2.59. The Labute approximate surface area is 144 Å². The number of benzene rings is 1. The van der Waals surface area contributed by atoms with Crippen molar-refractivity contribution in [3.8, 4) is 0 Å². The standard InChI is InChI=1S/C15H17ClFN3O3S/c1-10-15(11(2)23-18-10)24(21,22)20-7-5-19(6-8-20)12-3-4-14(17)13(16)9-12/h3-4,9H,5-8H2,1-2H3. The van der Waals surface area contributed by atoms with Gasteiger partial charge in [-0.05, 0) is 32.0 Å². The molecule has 0 bridgehead atoms. The van der Waals surface area contributed by atoms with Crippen LogP contribution < -0.4 is 4.90 Å². The Hall–Kier alpha value is -1.64. The van der Waals surface area contributed by atoms with E-state index in [1.165, 1.54) is 10.4 Å². The summed E-state index contributed by atoms with van der Waals surface area (Å²) >= 11 is 5.81. The van der Waals surface area contributed by atoms with Crippen LogP contribution in [0, 0.1) is 19.7 Å². The zero-order chi connectivity index (χ0) is 17.5. The molecule has 0 radical (unpaired) electrons. The average molecular weight is 374 g/mol. The molecule has 0 atom stereocenters.